The number of carbonyl (C=O) groups excluding carboxylic acids is 2. The topological polar surface area (TPSA) is 72.8 Å². The average Bonchev–Trinajstić information content (AvgIpc) is 3.52. The van der Waals surface area contributed by atoms with Crippen LogP contribution in [0, 0.1) is 6.92 Å². The summed E-state index contributed by atoms with van der Waals surface area (Å²) in [7, 11) is 0. The molecule has 0 unspecified atom stereocenters. The molecule has 1 saturated heterocycles. The lowest BCUT2D eigenvalue weighted by Gasteiger charge is -2.13. The first-order valence-electron chi connectivity index (χ1n) is 11.0. The number of hydrogen-bond acceptors (Lipinski definition) is 4. The number of hydrazine groups is 1. The third kappa shape index (κ3) is 3.21. The minimum Gasteiger partial charge on any atom is -0.454 e. The molecule has 0 saturated carbocycles. The fourth-order valence-corrected chi connectivity index (χ4v) is 4.53. The van der Waals surface area contributed by atoms with Crippen LogP contribution in [0.2, 0.25) is 0 Å². The van der Waals surface area contributed by atoms with Crippen molar-refractivity contribution in [1.29, 1.82) is 0 Å². The summed E-state index contributed by atoms with van der Waals surface area (Å²) < 4.78 is 13.1. The molecular formula is C27H21N3O4. The molecule has 1 fully saturated rings. The molecule has 0 bridgehead atoms. The predicted octanol–water partition coefficient (Wildman–Crippen LogP) is 4.19. The number of ether oxygens (including phenoxy) is 2. The fourth-order valence-electron chi connectivity index (χ4n) is 4.53. The van der Waals surface area contributed by atoms with Crippen LogP contribution in [0.1, 0.15) is 16.8 Å². The van der Waals surface area contributed by atoms with E-state index >= 15 is 0 Å². The lowest BCUT2D eigenvalue weighted by Crippen LogP contribution is -2.35. The first-order chi connectivity index (χ1) is 16.6. The van der Waals surface area contributed by atoms with Crippen LogP contribution in [-0.4, -0.2) is 23.2 Å². The zero-order chi connectivity index (χ0) is 23.2. The van der Waals surface area contributed by atoms with Gasteiger partial charge in [-0.25, -0.2) is 5.01 Å². The first-order valence-corrected chi connectivity index (χ1v) is 11.0. The van der Waals surface area contributed by atoms with Crippen LogP contribution in [0.15, 0.2) is 78.4 Å². The number of carbonyl (C=O) groups is 2. The van der Waals surface area contributed by atoms with Gasteiger partial charge in [-0.2, -0.15) is 0 Å². The molecule has 0 aliphatic carbocycles. The molecule has 4 aromatic rings. The summed E-state index contributed by atoms with van der Waals surface area (Å²) in [6, 6.07) is 23.0. The van der Waals surface area contributed by atoms with Crippen LogP contribution in [0.4, 0.5) is 5.69 Å². The van der Waals surface area contributed by atoms with Crippen molar-refractivity contribution in [2.24, 2.45) is 0 Å². The highest BCUT2D eigenvalue weighted by molar-refractivity contribution is 6.32. The molecule has 2 aliphatic rings. The van der Waals surface area contributed by atoms with E-state index in [1.165, 1.54) is 5.01 Å². The molecule has 34 heavy (non-hydrogen) atoms. The van der Waals surface area contributed by atoms with Gasteiger partial charge in [-0.3, -0.25) is 15.0 Å². The van der Waals surface area contributed by atoms with Crippen molar-refractivity contribution in [3.05, 3.63) is 95.2 Å². The third-order valence-electron chi connectivity index (χ3n) is 6.25. The van der Waals surface area contributed by atoms with E-state index in [1.807, 2.05) is 67.6 Å². The van der Waals surface area contributed by atoms with E-state index in [-0.39, 0.29) is 18.3 Å². The molecule has 1 aromatic heterocycles. The van der Waals surface area contributed by atoms with Crippen LogP contribution in [-0.2, 0) is 16.1 Å². The maximum absolute atomic E-state index is 13.1. The van der Waals surface area contributed by atoms with Gasteiger partial charge in [0.15, 0.2) is 11.5 Å². The monoisotopic (exact) mass is 451 g/mol. The highest BCUT2D eigenvalue weighted by Crippen LogP contribution is 2.34. The number of hydrogen-bond donors (Lipinski definition) is 1. The second kappa shape index (κ2) is 7.81. The van der Waals surface area contributed by atoms with Crippen LogP contribution in [0.3, 0.4) is 0 Å². The van der Waals surface area contributed by atoms with Gasteiger partial charge < -0.3 is 14.0 Å². The highest BCUT2D eigenvalue weighted by atomic mass is 16.7. The van der Waals surface area contributed by atoms with Gasteiger partial charge in [0.25, 0.3) is 11.8 Å². The molecule has 7 heteroatoms. The van der Waals surface area contributed by atoms with Crippen molar-refractivity contribution < 1.29 is 19.1 Å². The zero-order valence-corrected chi connectivity index (χ0v) is 18.4. The number of aromatic nitrogens is 1. The third-order valence-corrected chi connectivity index (χ3v) is 6.25. The summed E-state index contributed by atoms with van der Waals surface area (Å²) in [5, 5.41) is 2.27. The van der Waals surface area contributed by atoms with Gasteiger partial charge in [0.1, 0.15) is 5.57 Å². The Morgan fingerprint density at radius 2 is 1.71 bits per heavy atom. The SMILES string of the molecule is Cc1c(C=C2C(=O)NN(c3ccccc3)C2=O)c2ccccc2n1Cc1ccc2c(c1)OCO2. The minimum absolute atomic E-state index is 0.109. The minimum atomic E-state index is -0.416. The van der Waals surface area contributed by atoms with Gasteiger partial charge >= 0.3 is 0 Å². The predicted molar refractivity (Wildman–Crippen MR) is 128 cm³/mol. The Morgan fingerprint density at radius 1 is 0.941 bits per heavy atom. The summed E-state index contributed by atoms with van der Waals surface area (Å²) in [6.07, 6.45) is 1.70. The molecule has 3 aromatic carbocycles. The van der Waals surface area contributed by atoms with Crippen LogP contribution < -0.4 is 19.9 Å². The second-order valence-electron chi connectivity index (χ2n) is 8.27. The number of benzene rings is 3. The number of rotatable bonds is 4. The summed E-state index contributed by atoms with van der Waals surface area (Å²) in [5.74, 6) is 0.698. The Hall–Kier alpha value is -4.52. The lowest BCUT2D eigenvalue weighted by molar-refractivity contribution is -0.117. The quantitative estimate of drug-likeness (QED) is 0.373. The molecule has 0 spiro atoms. The molecule has 168 valence electrons. The highest BCUT2D eigenvalue weighted by Gasteiger charge is 2.35. The van der Waals surface area contributed by atoms with Crippen molar-refractivity contribution in [2.75, 3.05) is 11.8 Å². The van der Waals surface area contributed by atoms with Gasteiger partial charge in [0.05, 0.1) is 5.69 Å². The molecule has 3 heterocycles. The summed E-state index contributed by atoms with van der Waals surface area (Å²) in [6.45, 7) is 2.85. The smallest absolute Gasteiger partial charge is 0.282 e. The largest absolute Gasteiger partial charge is 0.454 e. The van der Waals surface area contributed by atoms with Crippen LogP contribution >= 0.6 is 0 Å². The van der Waals surface area contributed by atoms with Crippen molar-refractivity contribution in [2.45, 2.75) is 13.5 Å². The van der Waals surface area contributed by atoms with Gasteiger partial charge in [0, 0.05) is 28.7 Å². The van der Waals surface area contributed by atoms with Crippen LogP contribution in [0.25, 0.3) is 17.0 Å². The van der Waals surface area contributed by atoms with E-state index in [0.717, 1.165) is 39.2 Å². The maximum atomic E-state index is 13.1. The normalized spacial score (nSPS) is 16.0. The lowest BCUT2D eigenvalue weighted by atomic mass is 10.1. The molecule has 7 nitrogen and oxygen atoms in total. The van der Waals surface area contributed by atoms with Crippen molar-refractivity contribution in [1.82, 2.24) is 9.99 Å². The van der Waals surface area contributed by atoms with E-state index in [2.05, 4.69) is 9.99 Å². The molecule has 2 aliphatic heterocycles. The number of fused-ring (bicyclic) bond motifs is 2. The molecule has 2 amide bonds. The molecular weight excluding hydrogens is 430 g/mol. The average molecular weight is 451 g/mol. The Morgan fingerprint density at radius 3 is 2.56 bits per heavy atom. The number of nitrogens with zero attached hydrogens (tertiary/aromatic N) is 2. The number of nitrogens with one attached hydrogen (secondary N) is 1. The van der Waals surface area contributed by atoms with Crippen molar-refractivity contribution in [3.8, 4) is 11.5 Å². The number of anilines is 1. The summed E-state index contributed by atoms with van der Waals surface area (Å²) in [4.78, 5) is 25.9. The summed E-state index contributed by atoms with van der Waals surface area (Å²) in [5.41, 5.74) is 7.30. The summed E-state index contributed by atoms with van der Waals surface area (Å²) >= 11 is 0. The Kier molecular flexibility index (Phi) is 4.62. The van der Waals surface area contributed by atoms with E-state index in [0.29, 0.717) is 12.2 Å². The van der Waals surface area contributed by atoms with E-state index in [1.54, 1.807) is 18.2 Å². The standard InChI is InChI=1S/C27H21N3O4/c1-17-21(14-22-26(31)28-30(27(22)32)19-7-3-2-4-8-19)20-9-5-6-10-23(20)29(17)15-18-11-12-24-25(13-18)34-16-33-24/h2-14H,15-16H2,1H3,(H,28,31). The zero-order valence-electron chi connectivity index (χ0n) is 18.4. The van der Waals surface area contributed by atoms with E-state index in [4.69, 9.17) is 9.47 Å². The van der Waals surface area contributed by atoms with E-state index < -0.39 is 5.91 Å². The second-order valence-corrected chi connectivity index (χ2v) is 8.27. The number of amides is 2. The van der Waals surface area contributed by atoms with Gasteiger partial charge in [-0.1, -0.05) is 42.5 Å². The van der Waals surface area contributed by atoms with Crippen molar-refractivity contribution in [3.63, 3.8) is 0 Å². The molecule has 0 radical (unpaired) electrons. The van der Waals surface area contributed by atoms with E-state index in [9.17, 15) is 9.59 Å². The molecule has 1 N–H and O–H groups in total. The van der Waals surface area contributed by atoms with Gasteiger partial charge in [-0.05, 0) is 48.9 Å². The van der Waals surface area contributed by atoms with Crippen molar-refractivity contribution >= 4 is 34.5 Å². The Labute approximate surface area is 195 Å². The first kappa shape index (κ1) is 20.1. The van der Waals surface area contributed by atoms with Gasteiger partial charge in [-0.15, -0.1) is 0 Å². The maximum Gasteiger partial charge on any atom is 0.282 e. The molecule has 6 rings (SSSR count). The number of para-hydroxylation sites is 2. The fraction of sp³-hybridized carbons (Fsp3) is 0.111. The van der Waals surface area contributed by atoms with Crippen LogP contribution in [0.5, 0.6) is 11.5 Å². The Balaban J connectivity index is 1.41. The Bertz CT molecular complexity index is 1490. The molecule has 0 atom stereocenters. The van der Waals surface area contributed by atoms with Gasteiger partial charge in [0.2, 0.25) is 6.79 Å².